The largest absolute Gasteiger partial charge is 1.00 e. The molecule has 0 heterocycles. The number of nitrogens with one attached hydrogen (secondary N) is 1. The van der Waals surface area contributed by atoms with Crippen molar-refractivity contribution in [1.29, 1.82) is 0 Å². The van der Waals surface area contributed by atoms with Crippen molar-refractivity contribution in [2.24, 2.45) is 5.92 Å². The molecule has 6 heteroatoms. The molecule has 1 amide bonds. The van der Waals surface area contributed by atoms with Crippen molar-refractivity contribution in [3.63, 3.8) is 0 Å². The van der Waals surface area contributed by atoms with Crippen LogP contribution in [-0.4, -0.2) is 19.3 Å². The number of ether oxygens (including phenoxy) is 1. The number of amides is 1. The Morgan fingerprint density at radius 1 is 1.28 bits per heavy atom. The van der Waals surface area contributed by atoms with Gasteiger partial charge in [0.25, 0.3) is 0 Å². The molecule has 3 rings (SSSR count). The van der Waals surface area contributed by atoms with Crippen LogP contribution in [0.5, 0.6) is 5.75 Å². The second-order valence-corrected chi connectivity index (χ2v) is 6.68. The van der Waals surface area contributed by atoms with Crippen LogP contribution in [0.2, 0.25) is 0 Å². The molecule has 2 aromatic rings. The Balaban J connectivity index is 0.000000327. The number of anilines is 1. The summed E-state index contributed by atoms with van der Waals surface area (Å²) < 4.78 is 18.6. The van der Waals surface area contributed by atoms with Crippen LogP contribution in [0.1, 0.15) is 42.4 Å². The summed E-state index contributed by atoms with van der Waals surface area (Å²) in [7, 11) is 1.48. The average molecular weight is 422 g/mol. The van der Waals surface area contributed by atoms with Crippen molar-refractivity contribution >= 4 is 17.9 Å². The molecule has 1 aliphatic carbocycles. The van der Waals surface area contributed by atoms with Crippen LogP contribution in [0.25, 0.3) is 0 Å². The van der Waals surface area contributed by atoms with Crippen LogP contribution in [0.3, 0.4) is 0 Å². The number of hydrogen-bond acceptors (Lipinski definition) is 3. The van der Waals surface area contributed by atoms with Crippen LogP contribution in [0.4, 0.5) is 10.1 Å². The van der Waals surface area contributed by atoms with E-state index in [1.807, 2.05) is 25.3 Å². The Hall–Kier alpha value is -1.18. The maximum atomic E-state index is 13.7. The first-order chi connectivity index (χ1) is 13.5. The Morgan fingerprint density at radius 2 is 1.97 bits per heavy atom. The molecule has 150 valence electrons. The molecule has 0 aromatic heterocycles. The molecule has 1 aliphatic rings. The minimum Gasteiger partial charge on any atom is -0.497 e. The Labute approximate surface area is 215 Å². The van der Waals surface area contributed by atoms with Gasteiger partial charge in [-0.2, -0.15) is 12.8 Å². The fourth-order valence-electron chi connectivity index (χ4n) is 2.95. The third-order valence-electron chi connectivity index (χ3n) is 4.76. The van der Waals surface area contributed by atoms with Crippen molar-refractivity contribution in [3.8, 4) is 5.75 Å². The van der Waals surface area contributed by atoms with Crippen molar-refractivity contribution in [3.05, 3.63) is 72.3 Å². The molecule has 0 saturated heterocycles. The third-order valence-corrected chi connectivity index (χ3v) is 4.76. The van der Waals surface area contributed by atoms with Crippen molar-refractivity contribution in [2.75, 3.05) is 12.4 Å². The van der Waals surface area contributed by atoms with E-state index in [-0.39, 0.29) is 68.9 Å². The molecule has 1 saturated carbocycles. The molecule has 1 N–H and O–H groups in total. The molecular weight excluding hydrogens is 396 g/mol. The summed E-state index contributed by atoms with van der Waals surface area (Å²) in [6, 6.07) is 9.88. The van der Waals surface area contributed by atoms with Crippen LogP contribution in [0, 0.1) is 32.0 Å². The number of hydrogen-bond donors (Lipinski definition) is 1. The summed E-state index contributed by atoms with van der Waals surface area (Å²) in [5.74, 6) is -0.119. The fraction of sp³-hybridized carbons (Fsp3) is 0.304. The van der Waals surface area contributed by atoms with E-state index in [1.54, 1.807) is 12.1 Å². The first-order valence-electron chi connectivity index (χ1n) is 9.22. The van der Waals surface area contributed by atoms with E-state index in [0.717, 1.165) is 36.8 Å². The zero-order valence-electron chi connectivity index (χ0n) is 17.3. The van der Waals surface area contributed by atoms with E-state index in [9.17, 15) is 14.0 Å². The number of halogens is 1. The van der Waals surface area contributed by atoms with Crippen LogP contribution in [0.15, 0.2) is 36.4 Å². The predicted molar refractivity (Wildman–Crippen MR) is 108 cm³/mol. The monoisotopic (exact) mass is 421 g/mol. The number of benzene rings is 2. The zero-order valence-corrected chi connectivity index (χ0v) is 20.4. The van der Waals surface area contributed by atoms with E-state index in [0.29, 0.717) is 11.3 Å². The molecular formula is C23H25FKNO3-2. The summed E-state index contributed by atoms with van der Waals surface area (Å²) >= 11 is 0. The molecule has 1 fully saturated rings. The Bertz CT molecular complexity index is 820. The van der Waals surface area contributed by atoms with Gasteiger partial charge in [-0.1, -0.05) is 19.8 Å². The quantitative estimate of drug-likeness (QED) is 0.605. The summed E-state index contributed by atoms with van der Waals surface area (Å²) in [6.07, 6.45) is 7.64. The molecule has 0 spiro atoms. The number of carbonyl (C=O) groups excluding carboxylic acids is 2. The van der Waals surface area contributed by atoms with Crippen LogP contribution < -0.4 is 61.4 Å². The van der Waals surface area contributed by atoms with Gasteiger partial charge < -0.3 is 21.3 Å². The SMILES string of the molecule is COc1ccc(NC(=O)C2CC[CH-]CC2)c(F)c1.[CH2-]c1c(C)cccc1[C-]=O.[K+]. The van der Waals surface area contributed by atoms with E-state index in [4.69, 9.17) is 4.74 Å². The average Bonchev–Trinajstić information content (AvgIpc) is 2.72. The number of rotatable bonds is 4. The van der Waals surface area contributed by atoms with Gasteiger partial charge in [-0.15, -0.1) is 12.1 Å². The van der Waals surface area contributed by atoms with Gasteiger partial charge in [-0.3, -0.25) is 22.8 Å². The molecule has 4 nitrogen and oxygen atoms in total. The maximum absolute atomic E-state index is 13.7. The van der Waals surface area contributed by atoms with Gasteiger partial charge in [-0.25, -0.2) is 16.0 Å². The number of methoxy groups -OCH3 is 1. The molecule has 2 aromatic carbocycles. The predicted octanol–water partition coefficient (Wildman–Crippen LogP) is 1.81. The second kappa shape index (κ2) is 13.2. The molecule has 0 unspecified atom stereocenters. The van der Waals surface area contributed by atoms with Gasteiger partial charge in [0.1, 0.15) is 11.6 Å². The van der Waals surface area contributed by atoms with Gasteiger partial charge in [0, 0.05) is 12.0 Å². The summed E-state index contributed by atoms with van der Waals surface area (Å²) in [6.45, 7) is 5.65. The first-order valence-corrected chi connectivity index (χ1v) is 9.22. The van der Waals surface area contributed by atoms with Crippen LogP contribution in [-0.2, 0) is 9.59 Å². The maximum Gasteiger partial charge on any atom is 1.00 e. The summed E-state index contributed by atoms with van der Waals surface area (Å²) in [5, 5.41) is 2.65. The van der Waals surface area contributed by atoms with Gasteiger partial charge in [0.15, 0.2) is 0 Å². The van der Waals surface area contributed by atoms with Gasteiger partial charge in [-0.05, 0) is 18.4 Å². The molecule has 0 bridgehead atoms. The first kappa shape index (κ1) is 25.9. The van der Waals surface area contributed by atoms with E-state index in [1.165, 1.54) is 19.2 Å². The molecule has 0 aliphatic heterocycles. The summed E-state index contributed by atoms with van der Waals surface area (Å²) in [4.78, 5) is 22.2. The van der Waals surface area contributed by atoms with Gasteiger partial charge in [0.2, 0.25) is 5.91 Å². The van der Waals surface area contributed by atoms with E-state index in [2.05, 4.69) is 18.7 Å². The number of carbonyl (C=O) groups is 1. The third kappa shape index (κ3) is 7.87. The Kier molecular flexibility index (Phi) is 11.8. The van der Waals surface area contributed by atoms with Crippen molar-refractivity contribution in [2.45, 2.75) is 32.6 Å². The standard InChI is InChI=1S/C14H17FNO2.C9H8O.K/c1-18-11-7-8-13(12(15)9-11)16-14(17)10-5-3-2-4-6-10;1-7-4-3-5-9(6-10)8(7)2;/h2,7-10H,3-6H2,1H3,(H,16,17);3-5H,2H2,1H3;/q-1;-2;+1. The van der Waals surface area contributed by atoms with Crippen molar-refractivity contribution in [1.82, 2.24) is 0 Å². The Morgan fingerprint density at radius 3 is 2.52 bits per heavy atom. The minimum absolute atomic E-state index is 0. The van der Waals surface area contributed by atoms with Crippen molar-refractivity contribution < 1.29 is 70.1 Å². The van der Waals surface area contributed by atoms with Gasteiger partial charge in [0.05, 0.1) is 12.8 Å². The molecule has 0 atom stereocenters. The molecule has 29 heavy (non-hydrogen) atoms. The molecule has 0 radical (unpaired) electrons. The van der Waals surface area contributed by atoms with Gasteiger partial charge >= 0.3 is 51.4 Å². The number of aryl methyl sites for hydroxylation is 1. The van der Waals surface area contributed by atoms with E-state index < -0.39 is 5.82 Å². The summed E-state index contributed by atoms with van der Waals surface area (Å²) in [5.41, 5.74) is 2.58. The van der Waals surface area contributed by atoms with Crippen LogP contribution >= 0.6 is 0 Å². The minimum atomic E-state index is -0.468. The second-order valence-electron chi connectivity index (χ2n) is 6.68. The normalized spacial score (nSPS) is 13.3. The van der Waals surface area contributed by atoms with E-state index >= 15 is 0 Å². The smallest absolute Gasteiger partial charge is 0.497 e. The zero-order chi connectivity index (χ0) is 20.5. The topological polar surface area (TPSA) is 55.4 Å². The fourth-order valence-corrected chi connectivity index (χ4v) is 2.95.